The highest BCUT2D eigenvalue weighted by molar-refractivity contribution is 5.10. The van der Waals surface area contributed by atoms with Crippen molar-refractivity contribution in [3.8, 4) is 0 Å². The van der Waals surface area contributed by atoms with E-state index < -0.39 is 12.6 Å². The first-order valence-corrected chi connectivity index (χ1v) is 6.16. The fourth-order valence-electron chi connectivity index (χ4n) is 2.87. The lowest BCUT2D eigenvalue weighted by atomic mass is 9.89. The quantitative estimate of drug-likeness (QED) is 0.906. The molecule has 18 heavy (non-hydrogen) atoms. The summed E-state index contributed by atoms with van der Waals surface area (Å²) in [5.41, 5.74) is 0. The minimum absolute atomic E-state index is 0.157. The predicted octanol–water partition coefficient (Wildman–Crippen LogP) is 2.17. The van der Waals surface area contributed by atoms with Crippen LogP contribution in [0.25, 0.3) is 0 Å². The summed E-state index contributed by atoms with van der Waals surface area (Å²) in [6.07, 6.45) is -2.09. The van der Waals surface area contributed by atoms with Gasteiger partial charge >= 0.3 is 6.18 Å². The molecule has 0 aromatic carbocycles. The first-order chi connectivity index (χ1) is 8.51. The molecule has 3 atom stereocenters. The van der Waals surface area contributed by atoms with Crippen LogP contribution >= 0.6 is 0 Å². The Kier molecular flexibility index (Phi) is 2.80. The van der Waals surface area contributed by atoms with Gasteiger partial charge in [-0.3, -0.25) is 0 Å². The maximum absolute atomic E-state index is 12.1. The minimum atomic E-state index is -4.17. The SMILES string of the molecule is FC(F)(F)CCc1noc(C2CC3CCC2N3)n1. The van der Waals surface area contributed by atoms with E-state index in [1.165, 1.54) is 0 Å². The number of fused-ring (bicyclic) bond motifs is 2. The van der Waals surface area contributed by atoms with Crippen LogP contribution in [0.5, 0.6) is 0 Å². The summed E-state index contributed by atoms with van der Waals surface area (Å²) in [6.45, 7) is 0. The Morgan fingerprint density at radius 1 is 1.33 bits per heavy atom. The van der Waals surface area contributed by atoms with Gasteiger partial charge in [-0.15, -0.1) is 0 Å². The number of nitrogens with zero attached hydrogens (tertiary/aromatic N) is 2. The van der Waals surface area contributed by atoms with Crippen molar-refractivity contribution in [2.45, 2.75) is 56.3 Å². The van der Waals surface area contributed by atoms with Gasteiger partial charge < -0.3 is 9.84 Å². The average Bonchev–Trinajstić information content (AvgIpc) is 3.01. The van der Waals surface area contributed by atoms with Crippen LogP contribution in [0.2, 0.25) is 0 Å². The van der Waals surface area contributed by atoms with E-state index in [0.717, 1.165) is 19.3 Å². The summed E-state index contributed by atoms with van der Waals surface area (Å²) in [4.78, 5) is 4.10. The van der Waals surface area contributed by atoms with Gasteiger partial charge in [0.15, 0.2) is 5.82 Å². The molecule has 2 saturated heterocycles. The van der Waals surface area contributed by atoms with E-state index in [-0.39, 0.29) is 18.2 Å². The molecule has 3 unspecified atom stereocenters. The Morgan fingerprint density at radius 2 is 2.17 bits per heavy atom. The van der Waals surface area contributed by atoms with Gasteiger partial charge in [0.25, 0.3) is 0 Å². The fraction of sp³-hybridized carbons (Fsp3) is 0.818. The van der Waals surface area contributed by atoms with E-state index >= 15 is 0 Å². The zero-order valence-corrected chi connectivity index (χ0v) is 9.70. The highest BCUT2D eigenvalue weighted by atomic mass is 19.4. The van der Waals surface area contributed by atoms with Gasteiger partial charge in [0.1, 0.15) is 0 Å². The largest absolute Gasteiger partial charge is 0.389 e. The second kappa shape index (κ2) is 4.22. The molecule has 2 fully saturated rings. The molecule has 1 N–H and O–H groups in total. The van der Waals surface area contributed by atoms with Gasteiger partial charge in [0.05, 0.1) is 12.3 Å². The monoisotopic (exact) mass is 261 g/mol. The second-order valence-electron chi connectivity index (χ2n) is 5.05. The van der Waals surface area contributed by atoms with Crippen LogP contribution in [-0.2, 0) is 6.42 Å². The first kappa shape index (κ1) is 12.0. The van der Waals surface area contributed by atoms with Crippen molar-refractivity contribution in [3.63, 3.8) is 0 Å². The summed E-state index contributed by atoms with van der Waals surface area (Å²) < 4.78 is 41.3. The van der Waals surface area contributed by atoms with E-state index in [0.29, 0.717) is 18.0 Å². The molecule has 2 bridgehead atoms. The van der Waals surface area contributed by atoms with Crippen molar-refractivity contribution in [1.29, 1.82) is 0 Å². The Hall–Kier alpha value is -1.11. The smallest absolute Gasteiger partial charge is 0.339 e. The summed E-state index contributed by atoms with van der Waals surface area (Å²) in [7, 11) is 0. The van der Waals surface area contributed by atoms with Crippen molar-refractivity contribution < 1.29 is 17.7 Å². The van der Waals surface area contributed by atoms with E-state index in [9.17, 15) is 13.2 Å². The van der Waals surface area contributed by atoms with E-state index in [4.69, 9.17) is 4.52 Å². The summed E-state index contributed by atoms with van der Waals surface area (Å²) in [5, 5.41) is 7.07. The number of rotatable bonds is 3. The number of nitrogens with one attached hydrogen (secondary N) is 1. The van der Waals surface area contributed by atoms with Gasteiger partial charge in [-0.1, -0.05) is 5.16 Å². The number of hydrogen-bond donors (Lipinski definition) is 1. The molecular weight excluding hydrogens is 247 g/mol. The molecule has 0 amide bonds. The lowest BCUT2D eigenvalue weighted by Gasteiger charge is -2.15. The Labute approximate surface area is 102 Å². The average molecular weight is 261 g/mol. The topological polar surface area (TPSA) is 51.0 Å². The standard InChI is InChI=1S/C11H14F3N3O/c12-11(13,14)4-3-9-16-10(18-17-9)7-5-6-1-2-8(7)15-6/h6-8,15H,1-5H2. The first-order valence-electron chi connectivity index (χ1n) is 6.16. The van der Waals surface area contributed by atoms with Crippen molar-refractivity contribution in [1.82, 2.24) is 15.5 Å². The van der Waals surface area contributed by atoms with Crippen molar-refractivity contribution >= 4 is 0 Å². The van der Waals surface area contributed by atoms with E-state index in [1.807, 2.05) is 0 Å². The molecule has 0 aliphatic carbocycles. The van der Waals surface area contributed by atoms with Crippen LogP contribution in [0.3, 0.4) is 0 Å². The number of hydrogen-bond acceptors (Lipinski definition) is 4. The van der Waals surface area contributed by atoms with Crippen LogP contribution < -0.4 is 5.32 Å². The van der Waals surface area contributed by atoms with Crippen LogP contribution in [0, 0.1) is 0 Å². The zero-order chi connectivity index (χ0) is 12.8. The summed E-state index contributed by atoms with van der Waals surface area (Å²) >= 11 is 0. The van der Waals surface area contributed by atoms with Crippen molar-refractivity contribution in [2.24, 2.45) is 0 Å². The van der Waals surface area contributed by atoms with E-state index in [2.05, 4.69) is 15.5 Å². The van der Waals surface area contributed by atoms with Crippen LogP contribution in [0.15, 0.2) is 4.52 Å². The van der Waals surface area contributed by atoms with Gasteiger partial charge in [-0.05, 0) is 19.3 Å². The number of aromatic nitrogens is 2. The maximum Gasteiger partial charge on any atom is 0.389 e. The third-order valence-corrected chi connectivity index (χ3v) is 3.73. The molecular formula is C11H14F3N3O. The molecule has 3 heterocycles. The Balaban J connectivity index is 1.63. The molecule has 0 saturated carbocycles. The Bertz CT molecular complexity index is 431. The van der Waals surface area contributed by atoms with Crippen molar-refractivity contribution in [2.75, 3.05) is 0 Å². The molecule has 1 aromatic heterocycles. The van der Waals surface area contributed by atoms with Crippen LogP contribution in [0.4, 0.5) is 13.2 Å². The molecule has 2 aliphatic rings. The number of halogens is 3. The predicted molar refractivity (Wildman–Crippen MR) is 56.0 cm³/mol. The normalized spacial score (nSPS) is 31.2. The molecule has 4 nitrogen and oxygen atoms in total. The summed E-state index contributed by atoms with van der Waals surface area (Å²) in [5.74, 6) is 0.827. The maximum atomic E-state index is 12.1. The lowest BCUT2D eigenvalue weighted by Crippen LogP contribution is -2.21. The molecule has 2 aliphatic heterocycles. The molecule has 7 heteroatoms. The Morgan fingerprint density at radius 3 is 2.78 bits per heavy atom. The third kappa shape index (κ3) is 2.36. The molecule has 0 spiro atoms. The van der Waals surface area contributed by atoms with E-state index in [1.54, 1.807) is 0 Å². The van der Waals surface area contributed by atoms with Crippen LogP contribution in [0.1, 0.15) is 43.3 Å². The fourth-order valence-corrected chi connectivity index (χ4v) is 2.87. The zero-order valence-electron chi connectivity index (χ0n) is 9.70. The molecule has 1 aromatic rings. The number of aryl methyl sites for hydroxylation is 1. The summed E-state index contributed by atoms with van der Waals surface area (Å²) in [6, 6.07) is 0.858. The van der Waals surface area contributed by atoms with Gasteiger partial charge in [-0.25, -0.2) is 0 Å². The van der Waals surface area contributed by atoms with Gasteiger partial charge in [-0.2, -0.15) is 18.2 Å². The highest BCUT2D eigenvalue weighted by Crippen LogP contribution is 2.39. The highest BCUT2D eigenvalue weighted by Gasteiger charge is 2.42. The molecule has 100 valence electrons. The van der Waals surface area contributed by atoms with Gasteiger partial charge in [0.2, 0.25) is 5.89 Å². The van der Waals surface area contributed by atoms with Crippen LogP contribution in [-0.4, -0.2) is 28.4 Å². The lowest BCUT2D eigenvalue weighted by molar-refractivity contribution is -0.134. The third-order valence-electron chi connectivity index (χ3n) is 3.73. The molecule has 3 rings (SSSR count). The minimum Gasteiger partial charge on any atom is -0.339 e. The van der Waals surface area contributed by atoms with Crippen molar-refractivity contribution in [3.05, 3.63) is 11.7 Å². The van der Waals surface area contributed by atoms with Gasteiger partial charge in [0, 0.05) is 18.5 Å². The number of alkyl halides is 3. The molecule has 0 radical (unpaired) electrons. The second-order valence-corrected chi connectivity index (χ2v) is 5.05.